The molecular weight excluding hydrogens is 427 g/mol. The highest BCUT2D eigenvalue weighted by Crippen LogP contribution is 2.31. The van der Waals surface area contributed by atoms with Crippen LogP contribution in [0, 0.1) is 5.82 Å². The maximum absolute atomic E-state index is 13.4. The predicted octanol–water partition coefficient (Wildman–Crippen LogP) is 4.44. The van der Waals surface area contributed by atoms with Crippen LogP contribution in [0.2, 0.25) is 5.02 Å². The third-order valence-electron chi connectivity index (χ3n) is 5.61. The molecule has 6 nitrogen and oxygen atoms in total. The first-order valence-electron chi connectivity index (χ1n) is 10.5. The van der Waals surface area contributed by atoms with Crippen molar-refractivity contribution in [3.05, 3.63) is 89.6 Å². The summed E-state index contributed by atoms with van der Waals surface area (Å²) in [7, 11) is 0. The number of hydrogen-bond donors (Lipinski definition) is 0. The Morgan fingerprint density at radius 2 is 1.59 bits per heavy atom. The highest BCUT2D eigenvalue weighted by molar-refractivity contribution is 6.33. The van der Waals surface area contributed by atoms with Gasteiger partial charge in [0, 0.05) is 62.4 Å². The number of benzene rings is 2. The smallest absolute Gasteiger partial charge is 0.225 e. The zero-order valence-corrected chi connectivity index (χ0v) is 18.2. The second kappa shape index (κ2) is 9.06. The molecule has 2 aromatic carbocycles. The third-order valence-corrected chi connectivity index (χ3v) is 5.94. The number of halogens is 2. The minimum Gasteiger partial charge on any atom is -0.338 e. The molecule has 1 saturated heterocycles. The number of rotatable bonds is 5. The summed E-state index contributed by atoms with van der Waals surface area (Å²) in [6.07, 6.45) is 5.56. The number of nitrogens with zero attached hydrogens (tertiary/aromatic N) is 6. The molecule has 1 aliphatic rings. The fourth-order valence-corrected chi connectivity index (χ4v) is 4.16. The summed E-state index contributed by atoms with van der Waals surface area (Å²) in [6.45, 7) is 4.24. The van der Waals surface area contributed by atoms with Crippen LogP contribution < -0.4 is 4.90 Å². The molecule has 0 amide bonds. The van der Waals surface area contributed by atoms with E-state index in [4.69, 9.17) is 16.7 Å². The average Bonchev–Trinajstić information content (AvgIpc) is 3.24. The molecule has 1 aliphatic heterocycles. The summed E-state index contributed by atoms with van der Waals surface area (Å²) >= 11 is 6.50. The van der Waals surface area contributed by atoms with E-state index in [2.05, 4.69) is 19.8 Å². The fraction of sp³-hybridized carbons (Fsp3) is 0.208. The van der Waals surface area contributed by atoms with Gasteiger partial charge in [-0.2, -0.15) is 5.10 Å². The van der Waals surface area contributed by atoms with E-state index in [0.717, 1.165) is 61.2 Å². The average molecular weight is 449 g/mol. The van der Waals surface area contributed by atoms with Crippen molar-refractivity contribution in [2.45, 2.75) is 6.54 Å². The van der Waals surface area contributed by atoms with Gasteiger partial charge in [0.1, 0.15) is 5.82 Å². The quantitative estimate of drug-likeness (QED) is 0.451. The standard InChI is InChI=1S/C24H22ClFN6/c25-22-5-2-1-4-21(22)23-18(17-32(29-23)20-8-6-19(26)7-9-20)16-30-12-14-31(15-13-30)24-27-10-3-11-28-24/h1-11,17H,12-16H2. The molecule has 1 fully saturated rings. The van der Waals surface area contributed by atoms with Gasteiger partial charge in [0.05, 0.1) is 16.4 Å². The Morgan fingerprint density at radius 3 is 2.31 bits per heavy atom. The molecule has 0 unspecified atom stereocenters. The first-order chi connectivity index (χ1) is 15.7. The molecule has 4 aromatic rings. The molecule has 8 heteroatoms. The van der Waals surface area contributed by atoms with Crippen LogP contribution in [-0.2, 0) is 6.54 Å². The van der Waals surface area contributed by atoms with Crippen molar-refractivity contribution in [2.75, 3.05) is 31.1 Å². The molecule has 0 radical (unpaired) electrons. The highest BCUT2D eigenvalue weighted by atomic mass is 35.5. The molecule has 0 spiro atoms. The lowest BCUT2D eigenvalue weighted by molar-refractivity contribution is 0.249. The zero-order chi connectivity index (χ0) is 21.9. The Balaban J connectivity index is 1.40. The van der Waals surface area contributed by atoms with Gasteiger partial charge in [0.15, 0.2) is 0 Å². The SMILES string of the molecule is Fc1ccc(-n2cc(CN3CCN(c4ncccn4)CC3)c(-c3ccccc3Cl)n2)cc1. The molecule has 0 bridgehead atoms. The Bertz CT molecular complexity index is 1190. The second-order valence-corrected chi connectivity index (χ2v) is 8.12. The normalized spacial score (nSPS) is 14.6. The predicted molar refractivity (Wildman–Crippen MR) is 123 cm³/mol. The summed E-state index contributed by atoms with van der Waals surface area (Å²) in [5.74, 6) is 0.501. The van der Waals surface area contributed by atoms with Gasteiger partial charge < -0.3 is 4.90 Å². The molecule has 0 N–H and O–H groups in total. The highest BCUT2D eigenvalue weighted by Gasteiger charge is 2.22. The van der Waals surface area contributed by atoms with Crippen LogP contribution in [0.15, 0.2) is 73.2 Å². The minimum atomic E-state index is -0.271. The molecule has 0 atom stereocenters. The van der Waals surface area contributed by atoms with Crippen molar-refractivity contribution in [3.63, 3.8) is 0 Å². The minimum absolute atomic E-state index is 0.271. The van der Waals surface area contributed by atoms with Gasteiger partial charge in [-0.25, -0.2) is 19.0 Å². The molecule has 0 saturated carbocycles. The van der Waals surface area contributed by atoms with Crippen molar-refractivity contribution >= 4 is 17.5 Å². The van der Waals surface area contributed by atoms with Gasteiger partial charge in [0.25, 0.3) is 0 Å². The lowest BCUT2D eigenvalue weighted by atomic mass is 10.1. The van der Waals surface area contributed by atoms with Gasteiger partial charge in [-0.3, -0.25) is 4.90 Å². The van der Waals surface area contributed by atoms with E-state index in [-0.39, 0.29) is 5.82 Å². The van der Waals surface area contributed by atoms with Gasteiger partial charge in [0.2, 0.25) is 5.95 Å². The monoisotopic (exact) mass is 448 g/mol. The summed E-state index contributed by atoms with van der Waals surface area (Å²) in [6, 6.07) is 15.9. The molecule has 5 rings (SSSR count). The Hall–Kier alpha value is -3.29. The Kier molecular flexibility index (Phi) is 5.83. The lowest BCUT2D eigenvalue weighted by Gasteiger charge is -2.34. The first-order valence-corrected chi connectivity index (χ1v) is 10.9. The van der Waals surface area contributed by atoms with Crippen LogP contribution in [0.3, 0.4) is 0 Å². The lowest BCUT2D eigenvalue weighted by Crippen LogP contribution is -2.46. The maximum Gasteiger partial charge on any atom is 0.225 e. The van der Waals surface area contributed by atoms with Gasteiger partial charge in [-0.15, -0.1) is 0 Å². The summed E-state index contributed by atoms with van der Waals surface area (Å²) in [4.78, 5) is 13.3. The van der Waals surface area contributed by atoms with Gasteiger partial charge in [-0.1, -0.05) is 29.8 Å². The van der Waals surface area contributed by atoms with Crippen LogP contribution in [0.4, 0.5) is 10.3 Å². The number of anilines is 1. The van der Waals surface area contributed by atoms with E-state index in [1.54, 1.807) is 29.2 Å². The van der Waals surface area contributed by atoms with Crippen LogP contribution >= 0.6 is 11.6 Å². The largest absolute Gasteiger partial charge is 0.338 e. The summed E-state index contributed by atoms with van der Waals surface area (Å²) in [5.41, 5.74) is 3.61. The van der Waals surface area contributed by atoms with E-state index >= 15 is 0 Å². The number of hydrogen-bond acceptors (Lipinski definition) is 5. The van der Waals surface area contributed by atoms with Crippen molar-refractivity contribution in [1.29, 1.82) is 0 Å². The molecule has 2 aromatic heterocycles. The molecule has 3 heterocycles. The first kappa shape index (κ1) is 20.6. The zero-order valence-electron chi connectivity index (χ0n) is 17.4. The molecular formula is C24H22ClFN6. The van der Waals surface area contributed by atoms with Crippen LogP contribution in [-0.4, -0.2) is 50.8 Å². The topological polar surface area (TPSA) is 50.1 Å². The Morgan fingerprint density at radius 1 is 0.875 bits per heavy atom. The van der Waals surface area contributed by atoms with Gasteiger partial charge >= 0.3 is 0 Å². The molecule has 0 aliphatic carbocycles. The van der Waals surface area contributed by atoms with Crippen LogP contribution in [0.25, 0.3) is 16.9 Å². The van der Waals surface area contributed by atoms with Crippen molar-refractivity contribution < 1.29 is 4.39 Å². The number of aromatic nitrogens is 4. The van der Waals surface area contributed by atoms with Gasteiger partial charge in [-0.05, 0) is 36.4 Å². The van der Waals surface area contributed by atoms with E-state index in [9.17, 15) is 4.39 Å². The fourth-order valence-electron chi connectivity index (χ4n) is 3.93. The maximum atomic E-state index is 13.4. The van der Waals surface area contributed by atoms with E-state index in [1.807, 2.05) is 36.5 Å². The van der Waals surface area contributed by atoms with Crippen molar-refractivity contribution in [1.82, 2.24) is 24.6 Å². The molecule has 162 valence electrons. The Labute approximate surface area is 190 Å². The van der Waals surface area contributed by atoms with E-state index < -0.39 is 0 Å². The van der Waals surface area contributed by atoms with Crippen LogP contribution in [0.1, 0.15) is 5.56 Å². The van der Waals surface area contributed by atoms with E-state index in [1.165, 1.54) is 12.1 Å². The van der Waals surface area contributed by atoms with Crippen molar-refractivity contribution in [2.24, 2.45) is 0 Å². The van der Waals surface area contributed by atoms with E-state index in [0.29, 0.717) is 5.02 Å². The third kappa shape index (κ3) is 4.35. The number of piperazine rings is 1. The summed E-state index contributed by atoms with van der Waals surface area (Å²) in [5, 5.41) is 5.48. The summed E-state index contributed by atoms with van der Waals surface area (Å²) < 4.78 is 15.2. The molecule has 32 heavy (non-hydrogen) atoms. The van der Waals surface area contributed by atoms with Crippen LogP contribution in [0.5, 0.6) is 0 Å². The van der Waals surface area contributed by atoms with Crippen molar-refractivity contribution in [3.8, 4) is 16.9 Å². The second-order valence-electron chi connectivity index (χ2n) is 7.72.